The van der Waals surface area contributed by atoms with Gasteiger partial charge in [0, 0.05) is 12.8 Å². The topological polar surface area (TPSA) is 108 Å². The van der Waals surface area contributed by atoms with Crippen molar-refractivity contribution in [1.82, 2.24) is 0 Å². The maximum Gasteiger partial charge on any atom is 0.472 e. The molecule has 0 aliphatic rings. The van der Waals surface area contributed by atoms with Crippen molar-refractivity contribution in [3.63, 3.8) is 0 Å². The van der Waals surface area contributed by atoms with Crippen molar-refractivity contribution in [1.29, 1.82) is 0 Å². The first-order valence-corrected chi connectivity index (χ1v) is 24.1. The highest BCUT2D eigenvalue weighted by atomic mass is 31.2. The van der Waals surface area contributed by atoms with Gasteiger partial charge in [-0.15, -0.1) is 0 Å². The summed E-state index contributed by atoms with van der Waals surface area (Å²) in [5.41, 5.74) is 0. The number of esters is 2. The Labute approximate surface area is 333 Å². The van der Waals surface area contributed by atoms with Crippen LogP contribution in [0.4, 0.5) is 0 Å². The molecule has 1 N–H and O–H groups in total. The summed E-state index contributed by atoms with van der Waals surface area (Å²) in [6.07, 6.45) is 45.1. The minimum atomic E-state index is -4.28. The quantitative estimate of drug-likeness (QED) is 0.0282. The van der Waals surface area contributed by atoms with Crippen LogP contribution in [0, 0.1) is 0 Å². The van der Waals surface area contributed by atoms with Crippen molar-refractivity contribution in [2.75, 3.05) is 19.8 Å². The van der Waals surface area contributed by atoms with Gasteiger partial charge in [0.2, 0.25) is 0 Å². The molecule has 8 nitrogen and oxygen atoms in total. The first kappa shape index (κ1) is 52.5. The van der Waals surface area contributed by atoms with Gasteiger partial charge >= 0.3 is 19.8 Å². The van der Waals surface area contributed by atoms with E-state index in [0.29, 0.717) is 12.8 Å². The van der Waals surface area contributed by atoms with Crippen LogP contribution in [0.15, 0.2) is 24.3 Å². The molecule has 0 aromatic heterocycles. The summed E-state index contributed by atoms with van der Waals surface area (Å²) in [6, 6.07) is 0. The van der Waals surface area contributed by atoms with Gasteiger partial charge in [0.05, 0.1) is 13.2 Å². The van der Waals surface area contributed by atoms with Gasteiger partial charge in [-0.3, -0.25) is 18.6 Å². The Balaban J connectivity index is 4.05. The average Bonchev–Trinajstić information content (AvgIpc) is 3.15. The molecule has 0 rings (SSSR count). The van der Waals surface area contributed by atoms with E-state index in [1.54, 1.807) is 6.92 Å². The molecule has 0 heterocycles. The molecule has 9 heteroatoms. The molecule has 0 aromatic rings. The standard InChI is InChI=1S/C45H85O8P/c1-4-7-9-11-13-15-17-19-21-23-24-26-27-29-31-33-35-37-39-44(46)50-41-43(42-52-54(48,49)51-6-3)53-45(47)40-38-36-34-32-30-28-25-22-20-18-16-14-12-10-8-5-2/h16,18,22,25,43H,4-15,17,19-21,23-24,26-42H2,1-3H3,(H,48,49)/b18-16-,25-22-. The van der Waals surface area contributed by atoms with E-state index in [4.69, 9.17) is 18.5 Å². The lowest BCUT2D eigenvalue weighted by Gasteiger charge is -2.19. The van der Waals surface area contributed by atoms with Crippen LogP contribution in [0.5, 0.6) is 0 Å². The van der Waals surface area contributed by atoms with E-state index in [9.17, 15) is 19.0 Å². The molecule has 0 bridgehead atoms. The second-order valence-electron chi connectivity index (χ2n) is 15.1. The lowest BCUT2D eigenvalue weighted by molar-refractivity contribution is -0.161. The maximum atomic E-state index is 12.6. The molecule has 2 unspecified atom stereocenters. The monoisotopic (exact) mass is 785 g/mol. The van der Waals surface area contributed by atoms with E-state index >= 15 is 0 Å². The van der Waals surface area contributed by atoms with Crippen molar-refractivity contribution >= 4 is 19.8 Å². The Hall–Kier alpha value is -1.47. The molecular formula is C45H85O8P. The first-order valence-electron chi connectivity index (χ1n) is 22.6. The molecule has 0 fully saturated rings. The third-order valence-electron chi connectivity index (χ3n) is 9.76. The van der Waals surface area contributed by atoms with E-state index < -0.39 is 26.5 Å². The number of hydrogen-bond donors (Lipinski definition) is 1. The maximum absolute atomic E-state index is 12.6. The molecule has 0 aliphatic carbocycles. The molecule has 2 atom stereocenters. The van der Waals surface area contributed by atoms with Gasteiger partial charge in [0.25, 0.3) is 0 Å². The number of phosphoric ester groups is 1. The number of phosphoric acid groups is 1. The SMILES string of the molecule is CCCCCC/C=C\C/C=C\CCCCCCCC(=O)OC(COC(=O)CCCCCCCCCCCCCCCCCCCC)COP(=O)(O)OCC. The molecule has 0 amide bonds. The fraction of sp³-hybridized carbons (Fsp3) is 0.867. The smallest absolute Gasteiger partial charge is 0.462 e. The van der Waals surface area contributed by atoms with Gasteiger partial charge in [-0.2, -0.15) is 0 Å². The van der Waals surface area contributed by atoms with Gasteiger partial charge < -0.3 is 14.4 Å². The highest BCUT2D eigenvalue weighted by molar-refractivity contribution is 7.47. The van der Waals surface area contributed by atoms with E-state index in [1.165, 1.54) is 128 Å². The fourth-order valence-electron chi connectivity index (χ4n) is 6.43. The zero-order chi connectivity index (χ0) is 39.6. The highest BCUT2D eigenvalue weighted by Gasteiger charge is 2.25. The normalized spacial score (nSPS) is 13.5. The summed E-state index contributed by atoms with van der Waals surface area (Å²) >= 11 is 0. The number of carbonyl (C=O) groups excluding carboxylic acids is 2. The van der Waals surface area contributed by atoms with E-state index in [0.717, 1.165) is 57.8 Å². The molecular weight excluding hydrogens is 699 g/mol. The van der Waals surface area contributed by atoms with Crippen LogP contribution < -0.4 is 0 Å². The Morgan fingerprint density at radius 1 is 0.500 bits per heavy atom. The average molecular weight is 785 g/mol. The molecule has 54 heavy (non-hydrogen) atoms. The van der Waals surface area contributed by atoms with E-state index in [1.807, 2.05) is 0 Å². The Morgan fingerprint density at radius 3 is 1.33 bits per heavy atom. The van der Waals surface area contributed by atoms with Gasteiger partial charge in [-0.25, -0.2) is 4.57 Å². The highest BCUT2D eigenvalue weighted by Crippen LogP contribution is 2.43. The Kier molecular flexibility index (Phi) is 40.1. The second kappa shape index (κ2) is 41.2. The predicted octanol–water partition coefficient (Wildman–Crippen LogP) is 14.2. The predicted molar refractivity (Wildman–Crippen MR) is 226 cm³/mol. The molecule has 0 aromatic carbocycles. The molecule has 0 aliphatic heterocycles. The van der Waals surface area contributed by atoms with Gasteiger partial charge in [0.15, 0.2) is 6.10 Å². The lowest BCUT2D eigenvalue weighted by Crippen LogP contribution is -2.29. The number of ether oxygens (including phenoxy) is 2. The summed E-state index contributed by atoms with van der Waals surface area (Å²) in [6.45, 7) is 5.47. The lowest BCUT2D eigenvalue weighted by atomic mass is 10.0. The van der Waals surface area contributed by atoms with Crippen LogP contribution in [0.1, 0.15) is 226 Å². The minimum Gasteiger partial charge on any atom is -0.462 e. The van der Waals surface area contributed by atoms with E-state index in [-0.39, 0.29) is 25.6 Å². The van der Waals surface area contributed by atoms with Crippen LogP contribution in [0.25, 0.3) is 0 Å². The third-order valence-corrected chi connectivity index (χ3v) is 10.8. The van der Waals surface area contributed by atoms with Crippen LogP contribution in [-0.2, 0) is 32.7 Å². The zero-order valence-corrected chi connectivity index (χ0v) is 36.3. The number of carbonyl (C=O) groups is 2. The summed E-state index contributed by atoms with van der Waals surface area (Å²) in [5.74, 6) is -0.803. The summed E-state index contributed by atoms with van der Waals surface area (Å²) in [5, 5.41) is 0. The van der Waals surface area contributed by atoms with Crippen LogP contribution in [0.2, 0.25) is 0 Å². The largest absolute Gasteiger partial charge is 0.472 e. The van der Waals surface area contributed by atoms with Crippen LogP contribution in [-0.4, -0.2) is 42.8 Å². The number of unbranched alkanes of at least 4 members (excludes halogenated alkanes) is 26. The molecule has 0 saturated carbocycles. The van der Waals surface area contributed by atoms with Crippen LogP contribution >= 0.6 is 7.82 Å². The van der Waals surface area contributed by atoms with Crippen molar-refractivity contribution in [3.05, 3.63) is 24.3 Å². The zero-order valence-electron chi connectivity index (χ0n) is 35.4. The van der Waals surface area contributed by atoms with Gasteiger partial charge in [-0.05, 0) is 51.9 Å². The molecule has 0 radical (unpaired) electrons. The molecule has 318 valence electrons. The van der Waals surface area contributed by atoms with Gasteiger partial charge in [0.1, 0.15) is 6.61 Å². The minimum absolute atomic E-state index is 0.000492. The number of rotatable bonds is 42. The summed E-state index contributed by atoms with van der Waals surface area (Å²) in [4.78, 5) is 34.8. The summed E-state index contributed by atoms with van der Waals surface area (Å²) in [7, 11) is -4.28. The number of allylic oxidation sites excluding steroid dienone is 4. The Bertz CT molecular complexity index is 937. The number of hydrogen-bond acceptors (Lipinski definition) is 7. The van der Waals surface area contributed by atoms with E-state index in [2.05, 4.69) is 38.2 Å². The molecule has 0 saturated heterocycles. The van der Waals surface area contributed by atoms with Crippen LogP contribution in [0.3, 0.4) is 0 Å². The van der Waals surface area contributed by atoms with Crippen molar-refractivity contribution in [3.8, 4) is 0 Å². The summed E-state index contributed by atoms with van der Waals surface area (Å²) < 4.78 is 32.7. The third kappa shape index (κ3) is 40.2. The van der Waals surface area contributed by atoms with Crippen molar-refractivity contribution < 1.29 is 37.6 Å². The second-order valence-corrected chi connectivity index (χ2v) is 16.5. The van der Waals surface area contributed by atoms with Crippen molar-refractivity contribution in [2.24, 2.45) is 0 Å². The Morgan fingerprint density at radius 2 is 0.889 bits per heavy atom. The first-order chi connectivity index (χ1) is 26.3. The van der Waals surface area contributed by atoms with Gasteiger partial charge in [-0.1, -0.05) is 186 Å². The van der Waals surface area contributed by atoms with Crippen molar-refractivity contribution in [2.45, 2.75) is 232 Å². The fourth-order valence-corrected chi connectivity index (χ4v) is 7.18. The molecule has 0 spiro atoms.